The van der Waals surface area contributed by atoms with Crippen molar-refractivity contribution >= 4 is 25.6 Å². The van der Waals surface area contributed by atoms with Crippen LogP contribution in [0.25, 0.3) is 0 Å². The van der Waals surface area contributed by atoms with E-state index in [1.165, 1.54) is 0 Å². The van der Waals surface area contributed by atoms with E-state index in [9.17, 15) is 13.0 Å². The molecule has 1 aromatic rings. The van der Waals surface area contributed by atoms with Crippen LogP contribution in [0.2, 0.25) is 0 Å². The van der Waals surface area contributed by atoms with Crippen LogP contribution in [0.3, 0.4) is 0 Å². The van der Waals surface area contributed by atoms with Crippen LogP contribution in [-0.4, -0.2) is 27.1 Å². The van der Waals surface area contributed by atoms with Crippen LogP contribution in [0.1, 0.15) is 0 Å². The van der Waals surface area contributed by atoms with Crippen LogP contribution in [0.4, 0.5) is 5.69 Å². The molecule has 1 aromatic carbocycles. The zero-order chi connectivity index (χ0) is 10.8. The van der Waals surface area contributed by atoms with E-state index in [4.69, 9.17) is 0 Å². The molecule has 0 radical (unpaired) electrons. The van der Waals surface area contributed by atoms with Crippen molar-refractivity contribution in [3.05, 3.63) is 24.3 Å². The predicted molar refractivity (Wildman–Crippen MR) is 56.3 cm³/mol. The van der Waals surface area contributed by atoms with E-state index in [1.807, 2.05) is 19.0 Å². The molecule has 0 fully saturated rings. The number of hydrogen-bond donors (Lipinski definition) is 0. The first-order valence-electron chi connectivity index (χ1n) is 3.81. The first kappa shape index (κ1) is 14.9. The maximum atomic E-state index is 10.4. The molecule has 0 saturated carbocycles. The largest absolute Gasteiger partial charge is 1.00 e. The van der Waals surface area contributed by atoms with Gasteiger partial charge in [-0.1, -0.05) is 0 Å². The zero-order valence-electron chi connectivity index (χ0n) is 8.80. The molecule has 0 bridgehead atoms. The Kier molecular flexibility index (Phi) is 5.78. The third kappa shape index (κ3) is 5.49. The molecule has 0 aliphatic heterocycles. The van der Waals surface area contributed by atoms with Crippen molar-refractivity contribution < 1.29 is 31.8 Å². The van der Waals surface area contributed by atoms with Gasteiger partial charge in [0, 0.05) is 24.7 Å². The summed E-state index contributed by atoms with van der Waals surface area (Å²) in [7, 11) is -0.175. The van der Waals surface area contributed by atoms with Crippen molar-refractivity contribution in [2.24, 2.45) is 0 Å². The Balaban J connectivity index is 0.00000196. The minimum atomic E-state index is -4.26. The Hall–Kier alpha value is -0.123. The third-order valence-electron chi connectivity index (χ3n) is 1.55. The number of hydrogen-bond acceptors (Lipinski definition) is 5. The first-order chi connectivity index (χ1) is 6.38. The minimum Gasteiger partial charge on any atom is -0.739 e. The van der Waals surface area contributed by atoms with Crippen molar-refractivity contribution in [1.29, 1.82) is 0 Å². The predicted octanol–water partition coefficient (Wildman–Crippen LogP) is -1.69. The number of rotatable bonds is 3. The molecule has 0 N–H and O–H groups in total. The average Bonchev–Trinajstić information content (AvgIpc) is 2.02. The van der Waals surface area contributed by atoms with Crippen molar-refractivity contribution in [3.8, 4) is 0 Å². The summed E-state index contributed by atoms with van der Waals surface area (Å²) in [6, 6.07) is 6.73. The molecule has 78 valence electrons. The summed E-state index contributed by atoms with van der Waals surface area (Å²) in [5, 5.41) is 0. The molecule has 0 unspecified atom stereocenters. The topological polar surface area (TPSA) is 60.4 Å². The quantitative estimate of drug-likeness (QED) is 0.358. The normalized spacial score (nSPS) is 10.6. The van der Waals surface area contributed by atoms with Gasteiger partial charge in [-0.3, -0.25) is 0 Å². The molecular weight excluding hydrogens is 229 g/mol. The fourth-order valence-electron chi connectivity index (χ4n) is 0.918. The fraction of sp³-hybridized carbons (Fsp3) is 0.250. The Labute approximate surface area is 105 Å². The Morgan fingerprint density at radius 3 is 2.00 bits per heavy atom. The Morgan fingerprint density at radius 2 is 1.67 bits per heavy atom. The Morgan fingerprint density at radius 1 is 1.20 bits per heavy atom. The second kappa shape index (κ2) is 5.82. The molecule has 0 spiro atoms. The van der Waals surface area contributed by atoms with Crippen LogP contribution < -0.4 is 23.8 Å². The van der Waals surface area contributed by atoms with Crippen molar-refractivity contribution in [3.63, 3.8) is 0 Å². The van der Waals surface area contributed by atoms with E-state index in [-0.39, 0.29) is 18.9 Å². The SMILES string of the molecule is CN(C)c1ccc(SS(=O)(=O)[O-])cc1.[Li+]. The maximum absolute atomic E-state index is 10.4. The smallest absolute Gasteiger partial charge is 0.739 e. The van der Waals surface area contributed by atoms with Gasteiger partial charge >= 0.3 is 18.9 Å². The molecule has 0 amide bonds. The van der Waals surface area contributed by atoms with Crippen LogP contribution in [0.5, 0.6) is 0 Å². The van der Waals surface area contributed by atoms with Gasteiger partial charge in [0.25, 0.3) is 0 Å². The van der Waals surface area contributed by atoms with E-state index in [1.54, 1.807) is 24.3 Å². The summed E-state index contributed by atoms with van der Waals surface area (Å²) in [5.41, 5.74) is 0.956. The van der Waals surface area contributed by atoms with Gasteiger partial charge in [0.05, 0.1) is 0 Å². The molecule has 0 heterocycles. The number of anilines is 1. The molecule has 15 heavy (non-hydrogen) atoms. The zero-order valence-corrected chi connectivity index (χ0v) is 10.4. The van der Waals surface area contributed by atoms with Gasteiger partial charge in [-0.25, -0.2) is 8.42 Å². The first-order valence-corrected chi connectivity index (χ1v) is 6.55. The second-order valence-electron chi connectivity index (χ2n) is 2.88. The standard InChI is InChI=1S/C8H11NO3S2.Li/c1-9(2)7-3-5-8(6-4-7)13-14(10,11)12;/h3-6H,1-2H3,(H,10,11,12);/q;+1/p-1. The van der Waals surface area contributed by atoms with Gasteiger partial charge in [-0.15, -0.1) is 0 Å². The molecule has 0 aromatic heterocycles. The van der Waals surface area contributed by atoms with Crippen molar-refractivity contribution in [1.82, 2.24) is 0 Å². The molecule has 4 nitrogen and oxygen atoms in total. The van der Waals surface area contributed by atoms with Gasteiger partial charge in [0.1, 0.15) is 0 Å². The van der Waals surface area contributed by atoms with E-state index in [0.29, 0.717) is 15.7 Å². The van der Waals surface area contributed by atoms with Crippen LogP contribution in [0.15, 0.2) is 29.2 Å². The number of benzene rings is 1. The van der Waals surface area contributed by atoms with Gasteiger partial charge < -0.3 is 9.45 Å². The van der Waals surface area contributed by atoms with Gasteiger partial charge in [-0.2, -0.15) is 0 Å². The Bertz CT molecular complexity index is 402. The van der Waals surface area contributed by atoms with Gasteiger partial charge in [0.2, 0.25) is 0 Å². The van der Waals surface area contributed by atoms with Crippen LogP contribution in [-0.2, 0) is 9.15 Å². The van der Waals surface area contributed by atoms with Gasteiger partial charge in [-0.05, 0) is 35.1 Å². The summed E-state index contributed by atoms with van der Waals surface area (Å²) >= 11 is 0. The van der Waals surface area contributed by atoms with E-state index < -0.39 is 9.15 Å². The molecule has 0 aliphatic rings. The molecule has 0 saturated heterocycles. The van der Waals surface area contributed by atoms with E-state index >= 15 is 0 Å². The molecule has 0 aliphatic carbocycles. The van der Waals surface area contributed by atoms with Crippen LogP contribution >= 0.6 is 10.8 Å². The fourth-order valence-corrected chi connectivity index (χ4v) is 2.44. The summed E-state index contributed by atoms with van der Waals surface area (Å²) in [4.78, 5) is 2.32. The second-order valence-corrected chi connectivity index (χ2v) is 6.06. The summed E-state index contributed by atoms with van der Waals surface area (Å²) in [5.74, 6) is 0. The summed E-state index contributed by atoms with van der Waals surface area (Å²) in [6.07, 6.45) is 0. The number of nitrogens with zero attached hydrogens (tertiary/aromatic N) is 1. The van der Waals surface area contributed by atoms with Crippen LogP contribution in [0, 0.1) is 0 Å². The average molecular weight is 239 g/mol. The van der Waals surface area contributed by atoms with Crippen molar-refractivity contribution in [2.75, 3.05) is 19.0 Å². The molecular formula is C8H10LiNO3S2. The van der Waals surface area contributed by atoms with Gasteiger partial charge in [0.15, 0.2) is 9.15 Å². The molecule has 7 heteroatoms. The summed E-state index contributed by atoms with van der Waals surface area (Å²) in [6.45, 7) is 0. The molecule has 1 rings (SSSR count). The third-order valence-corrected chi connectivity index (χ3v) is 3.41. The minimum absolute atomic E-state index is 0. The monoisotopic (exact) mass is 239 g/mol. The van der Waals surface area contributed by atoms with Crippen molar-refractivity contribution in [2.45, 2.75) is 4.90 Å². The van der Waals surface area contributed by atoms with E-state index in [2.05, 4.69) is 0 Å². The summed E-state index contributed by atoms with van der Waals surface area (Å²) < 4.78 is 31.2. The van der Waals surface area contributed by atoms with E-state index in [0.717, 1.165) is 5.69 Å². The molecule has 0 atom stereocenters. The maximum Gasteiger partial charge on any atom is 1.00 e.